The molecule has 0 saturated heterocycles. The van der Waals surface area contributed by atoms with Crippen LogP contribution in [0.4, 0.5) is 4.79 Å². The lowest BCUT2D eigenvalue weighted by atomic mass is 10.0. The SMILES string of the molecule is CC(C)CC(NC(=O)N(C)CC(=O)NC(C)C)C(=O)O. The standard InChI is InChI=1S/C13H25N3O4/c1-8(2)6-10(12(18)19)15-13(20)16(5)7-11(17)14-9(3)4/h8-10H,6-7H2,1-5H3,(H,14,17)(H,15,20)(H,18,19). The van der Waals surface area contributed by atoms with Crippen molar-refractivity contribution in [2.75, 3.05) is 13.6 Å². The van der Waals surface area contributed by atoms with Gasteiger partial charge in [0.2, 0.25) is 5.91 Å². The van der Waals surface area contributed by atoms with E-state index in [-0.39, 0.29) is 24.4 Å². The molecule has 20 heavy (non-hydrogen) atoms. The molecule has 0 aromatic heterocycles. The Bertz CT molecular complexity index is 356. The van der Waals surface area contributed by atoms with Crippen molar-refractivity contribution in [1.82, 2.24) is 15.5 Å². The highest BCUT2D eigenvalue weighted by atomic mass is 16.4. The van der Waals surface area contributed by atoms with E-state index in [1.165, 1.54) is 7.05 Å². The molecule has 0 bridgehead atoms. The first-order valence-corrected chi connectivity index (χ1v) is 6.67. The summed E-state index contributed by atoms with van der Waals surface area (Å²) in [5, 5.41) is 14.1. The first-order chi connectivity index (χ1) is 9.13. The average Bonchev–Trinajstić information content (AvgIpc) is 2.25. The van der Waals surface area contributed by atoms with E-state index >= 15 is 0 Å². The largest absolute Gasteiger partial charge is 0.480 e. The molecule has 0 saturated carbocycles. The van der Waals surface area contributed by atoms with Crippen LogP contribution in [0.15, 0.2) is 0 Å². The summed E-state index contributed by atoms with van der Waals surface area (Å²) < 4.78 is 0. The van der Waals surface area contributed by atoms with Crippen molar-refractivity contribution in [1.29, 1.82) is 0 Å². The maximum Gasteiger partial charge on any atom is 0.326 e. The summed E-state index contributed by atoms with van der Waals surface area (Å²) in [6.07, 6.45) is 0.340. The number of carboxylic acid groups (broad SMARTS) is 1. The van der Waals surface area contributed by atoms with Gasteiger partial charge in [-0.15, -0.1) is 0 Å². The van der Waals surface area contributed by atoms with Crippen LogP contribution >= 0.6 is 0 Å². The number of nitrogens with one attached hydrogen (secondary N) is 2. The van der Waals surface area contributed by atoms with E-state index in [1.807, 2.05) is 27.7 Å². The number of nitrogens with zero attached hydrogens (tertiary/aromatic N) is 1. The molecular formula is C13H25N3O4. The third kappa shape index (κ3) is 7.60. The van der Waals surface area contributed by atoms with E-state index in [2.05, 4.69) is 10.6 Å². The van der Waals surface area contributed by atoms with Crippen LogP contribution in [0.25, 0.3) is 0 Å². The second kappa shape index (κ2) is 8.39. The highest BCUT2D eigenvalue weighted by Crippen LogP contribution is 2.05. The summed E-state index contributed by atoms with van der Waals surface area (Å²) in [7, 11) is 1.45. The van der Waals surface area contributed by atoms with Crippen LogP contribution in [0, 0.1) is 5.92 Å². The Morgan fingerprint density at radius 3 is 2.05 bits per heavy atom. The van der Waals surface area contributed by atoms with Gasteiger partial charge in [-0.1, -0.05) is 13.8 Å². The van der Waals surface area contributed by atoms with Gasteiger partial charge in [0, 0.05) is 13.1 Å². The highest BCUT2D eigenvalue weighted by Gasteiger charge is 2.23. The predicted molar refractivity (Wildman–Crippen MR) is 75.3 cm³/mol. The van der Waals surface area contributed by atoms with Crippen molar-refractivity contribution in [2.45, 2.75) is 46.2 Å². The Labute approximate surface area is 119 Å². The zero-order chi connectivity index (χ0) is 15.9. The van der Waals surface area contributed by atoms with Crippen molar-refractivity contribution in [3.05, 3.63) is 0 Å². The van der Waals surface area contributed by atoms with E-state index < -0.39 is 18.0 Å². The second-order valence-corrected chi connectivity index (χ2v) is 5.55. The van der Waals surface area contributed by atoms with Crippen molar-refractivity contribution >= 4 is 17.9 Å². The maximum atomic E-state index is 11.8. The molecule has 3 N–H and O–H groups in total. The van der Waals surface area contributed by atoms with Crippen molar-refractivity contribution in [3.63, 3.8) is 0 Å². The molecule has 3 amide bonds. The molecule has 0 aliphatic carbocycles. The molecule has 0 spiro atoms. The van der Waals surface area contributed by atoms with Gasteiger partial charge < -0.3 is 20.6 Å². The van der Waals surface area contributed by atoms with Crippen molar-refractivity contribution in [3.8, 4) is 0 Å². The van der Waals surface area contributed by atoms with Crippen LogP contribution in [-0.2, 0) is 9.59 Å². The number of urea groups is 1. The fourth-order valence-corrected chi connectivity index (χ4v) is 1.61. The van der Waals surface area contributed by atoms with Crippen LogP contribution in [0.1, 0.15) is 34.1 Å². The molecule has 0 aliphatic heterocycles. The Kier molecular flexibility index (Phi) is 7.64. The van der Waals surface area contributed by atoms with Crippen LogP contribution < -0.4 is 10.6 Å². The lowest BCUT2D eigenvalue weighted by molar-refractivity contribution is -0.139. The highest BCUT2D eigenvalue weighted by molar-refractivity contribution is 5.86. The number of hydrogen-bond acceptors (Lipinski definition) is 3. The van der Waals surface area contributed by atoms with E-state index in [4.69, 9.17) is 5.11 Å². The van der Waals surface area contributed by atoms with Crippen LogP contribution in [0.2, 0.25) is 0 Å². The molecule has 0 heterocycles. The van der Waals surface area contributed by atoms with E-state index in [0.717, 1.165) is 4.90 Å². The number of carbonyl (C=O) groups excluding carboxylic acids is 2. The van der Waals surface area contributed by atoms with Crippen molar-refractivity contribution < 1.29 is 19.5 Å². The third-order valence-electron chi connectivity index (χ3n) is 2.48. The van der Waals surface area contributed by atoms with E-state index in [1.54, 1.807) is 0 Å². The minimum atomic E-state index is -1.08. The third-order valence-corrected chi connectivity index (χ3v) is 2.48. The fraction of sp³-hybridized carbons (Fsp3) is 0.769. The van der Waals surface area contributed by atoms with Gasteiger partial charge in [0.1, 0.15) is 12.6 Å². The number of carboxylic acids is 1. The topological polar surface area (TPSA) is 98.7 Å². The normalized spacial score (nSPS) is 12.2. The molecule has 1 unspecified atom stereocenters. The molecule has 0 aliphatic rings. The number of likely N-dealkylation sites (N-methyl/N-ethyl adjacent to an activating group) is 1. The Hall–Kier alpha value is -1.79. The van der Waals surface area contributed by atoms with E-state index in [9.17, 15) is 14.4 Å². The summed E-state index contributed by atoms with van der Waals surface area (Å²) >= 11 is 0. The molecular weight excluding hydrogens is 262 g/mol. The molecule has 0 aromatic rings. The molecule has 1 atom stereocenters. The smallest absolute Gasteiger partial charge is 0.326 e. The van der Waals surface area contributed by atoms with Gasteiger partial charge in [-0.3, -0.25) is 4.79 Å². The Morgan fingerprint density at radius 2 is 1.65 bits per heavy atom. The predicted octanol–water partition coefficient (Wildman–Crippen LogP) is 0.652. The molecule has 0 radical (unpaired) electrons. The minimum Gasteiger partial charge on any atom is -0.480 e. The summed E-state index contributed by atoms with van der Waals surface area (Å²) in [6, 6.07) is -1.53. The average molecular weight is 287 g/mol. The number of amides is 3. The fourth-order valence-electron chi connectivity index (χ4n) is 1.61. The number of aliphatic carboxylic acids is 1. The lowest BCUT2D eigenvalue weighted by Crippen LogP contribution is -2.50. The van der Waals surface area contributed by atoms with Gasteiger partial charge in [-0.05, 0) is 26.2 Å². The molecule has 7 nitrogen and oxygen atoms in total. The maximum absolute atomic E-state index is 11.8. The van der Waals surface area contributed by atoms with Gasteiger partial charge in [0.15, 0.2) is 0 Å². The van der Waals surface area contributed by atoms with Crippen LogP contribution in [0.3, 0.4) is 0 Å². The first kappa shape index (κ1) is 18.2. The van der Waals surface area contributed by atoms with Crippen LogP contribution in [0.5, 0.6) is 0 Å². The van der Waals surface area contributed by atoms with Gasteiger partial charge >= 0.3 is 12.0 Å². The summed E-state index contributed by atoms with van der Waals surface area (Å²) in [5.74, 6) is -1.22. The van der Waals surface area contributed by atoms with Crippen molar-refractivity contribution in [2.24, 2.45) is 5.92 Å². The van der Waals surface area contributed by atoms with Crippen LogP contribution in [-0.4, -0.2) is 53.6 Å². The summed E-state index contributed by atoms with van der Waals surface area (Å²) in [6.45, 7) is 7.28. The zero-order valence-corrected chi connectivity index (χ0v) is 12.8. The van der Waals surface area contributed by atoms with Gasteiger partial charge in [0.25, 0.3) is 0 Å². The Balaban J connectivity index is 4.42. The first-order valence-electron chi connectivity index (χ1n) is 6.67. The zero-order valence-electron chi connectivity index (χ0n) is 12.8. The minimum absolute atomic E-state index is 0.00771. The monoisotopic (exact) mass is 287 g/mol. The number of rotatable bonds is 7. The lowest BCUT2D eigenvalue weighted by Gasteiger charge is -2.22. The molecule has 7 heteroatoms. The molecule has 0 aromatic carbocycles. The van der Waals surface area contributed by atoms with Gasteiger partial charge in [0.05, 0.1) is 0 Å². The quantitative estimate of drug-likeness (QED) is 0.640. The molecule has 116 valence electrons. The molecule has 0 rings (SSSR count). The second-order valence-electron chi connectivity index (χ2n) is 5.55. The summed E-state index contributed by atoms with van der Waals surface area (Å²) in [4.78, 5) is 35.6. The van der Waals surface area contributed by atoms with Gasteiger partial charge in [-0.2, -0.15) is 0 Å². The number of carbonyl (C=O) groups is 3. The summed E-state index contributed by atoms with van der Waals surface area (Å²) in [5.41, 5.74) is 0. The Morgan fingerprint density at radius 1 is 1.10 bits per heavy atom. The number of hydrogen-bond donors (Lipinski definition) is 3. The van der Waals surface area contributed by atoms with E-state index in [0.29, 0.717) is 6.42 Å². The molecule has 0 fully saturated rings. The van der Waals surface area contributed by atoms with Gasteiger partial charge in [-0.25, -0.2) is 9.59 Å².